The fraction of sp³-hybridized carbons (Fsp3) is 0.250. The van der Waals surface area contributed by atoms with Crippen LogP contribution in [0, 0.1) is 0 Å². The van der Waals surface area contributed by atoms with Crippen LogP contribution in [-0.2, 0) is 11.8 Å². The third-order valence-electron chi connectivity index (χ3n) is 2.57. The highest BCUT2D eigenvalue weighted by Gasteiger charge is 2.18. The molecule has 2 aromatic rings. The lowest BCUT2D eigenvalue weighted by Crippen LogP contribution is -2.12. The molecule has 0 saturated carbocycles. The third kappa shape index (κ3) is 3.08. The minimum Gasteiger partial charge on any atom is -0.480 e. The summed E-state index contributed by atoms with van der Waals surface area (Å²) < 4.78 is 1.77. The Morgan fingerprint density at radius 1 is 1.37 bits per heavy atom. The Labute approximate surface area is 119 Å². The van der Waals surface area contributed by atoms with Crippen molar-refractivity contribution in [2.24, 2.45) is 7.05 Å². The Bertz CT molecular complexity index is 598. The average Bonchev–Trinajstić information content (AvgIpc) is 2.72. The SMILES string of the molecule is CC(Sc1nnc(-c2ccc(Cl)cc2)n1C)C(=O)O. The summed E-state index contributed by atoms with van der Waals surface area (Å²) >= 11 is 7.00. The van der Waals surface area contributed by atoms with Crippen molar-refractivity contribution in [2.45, 2.75) is 17.3 Å². The fourth-order valence-corrected chi connectivity index (χ4v) is 2.35. The van der Waals surface area contributed by atoms with Gasteiger partial charge in [-0.15, -0.1) is 10.2 Å². The lowest BCUT2D eigenvalue weighted by Gasteiger charge is -2.06. The van der Waals surface area contributed by atoms with Crippen molar-refractivity contribution in [1.29, 1.82) is 0 Å². The molecule has 1 heterocycles. The second-order valence-corrected chi connectivity index (χ2v) is 5.71. The summed E-state index contributed by atoms with van der Waals surface area (Å²) in [6.45, 7) is 1.61. The molecule has 0 saturated heterocycles. The van der Waals surface area contributed by atoms with E-state index < -0.39 is 11.2 Å². The standard InChI is InChI=1S/C12H12ClN3O2S/c1-7(11(17)18)19-12-15-14-10(16(12)2)8-3-5-9(13)6-4-8/h3-7H,1-2H3,(H,17,18). The molecule has 5 nitrogen and oxygen atoms in total. The first-order valence-corrected chi connectivity index (χ1v) is 6.79. The van der Waals surface area contributed by atoms with Gasteiger partial charge in [0.15, 0.2) is 11.0 Å². The zero-order valence-corrected chi connectivity index (χ0v) is 11.9. The number of benzene rings is 1. The van der Waals surface area contributed by atoms with E-state index in [1.807, 2.05) is 12.1 Å². The quantitative estimate of drug-likeness (QED) is 0.879. The number of rotatable bonds is 4. The molecular weight excluding hydrogens is 286 g/mol. The van der Waals surface area contributed by atoms with Crippen molar-refractivity contribution in [2.75, 3.05) is 0 Å². The van der Waals surface area contributed by atoms with Crippen molar-refractivity contribution in [3.05, 3.63) is 29.3 Å². The molecular formula is C12H12ClN3O2S. The topological polar surface area (TPSA) is 68.0 Å². The van der Waals surface area contributed by atoms with Crippen molar-refractivity contribution in [1.82, 2.24) is 14.8 Å². The molecule has 0 amide bonds. The lowest BCUT2D eigenvalue weighted by molar-refractivity contribution is -0.136. The van der Waals surface area contributed by atoms with Gasteiger partial charge in [-0.05, 0) is 31.2 Å². The number of aliphatic carboxylic acids is 1. The number of aromatic nitrogens is 3. The van der Waals surface area contributed by atoms with Gasteiger partial charge >= 0.3 is 5.97 Å². The monoisotopic (exact) mass is 297 g/mol. The molecule has 1 N–H and O–H groups in total. The van der Waals surface area contributed by atoms with Crippen LogP contribution < -0.4 is 0 Å². The highest BCUT2D eigenvalue weighted by atomic mass is 35.5. The maximum Gasteiger partial charge on any atom is 0.316 e. The minimum atomic E-state index is -0.874. The lowest BCUT2D eigenvalue weighted by atomic mass is 10.2. The molecule has 19 heavy (non-hydrogen) atoms. The molecule has 0 aliphatic carbocycles. The van der Waals surface area contributed by atoms with Gasteiger partial charge in [0, 0.05) is 17.6 Å². The van der Waals surface area contributed by atoms with Crippen LogP contribution >= 0.6 is 23.4 Å². The first-order chi connectivity index (χ1) is 8.99. The van der Waals surface area contributed by atoms with E-state index in [0.717, 1.165) is 17.3 Å². The summed E-state index contributed by atoms with van der Waals surface area (Å²) in [7, 11) is 1.81. The molecule has 1 unspecified atom stereocenters. The molecule has 1 atom stereocenters. The highest BCUT2D eigenvalue weighted by Crippen LogP contribution is 2.26. The van der Waals surface area contributed by atoms with E-state index >= 15 is 0 Å². The van der Waals surface area contributed by atoms with Gasteiger partial charge in [-0.25, -0.2) is 0 Å². The van der Waals surface area contributed by atoms with Gasteiger partial charge in [0.05, 0.1) is 0 Å². The van der Waals surface area contributed by atoms with Crippen molar-refractivity contribution < 1.29 is 9.90 Å². The van der Waals surface area contributed by atoms with Crippen LogP contribution in [0.3, 0.4) is 0 Å². The average molecular weight is 298 g/mol. The maximum atomic E-state index is 10.8. The smallest absolute Gasteiger partial charge is 0.316 e. The van der Waals surface area contributed by atoms with Crippen LogP contribution in [0.4, 0.5) is 0 Å². The number of thioether (sulfide) groups is 1. The zero-order chi connectivity index (χ0) is 14.0. The van der Waals surface area contributed by atoms with Gasteiger partial charge in [-0.1, -0.05) is 23.4 Å². The van der Waals surface area contributed by atoms with Crippen molar-refractivity contribution in [3.63, 3.8) is 0 Å². The van der Waals surface area contributed by atoms with Crippen LogP contribution in [0.5, 0.6) is 0 Å². The maximum absolute atomic E-state index is 10.8. The molecule has 1 aromatic heterocycles. The predicted octanol–water partition coefficient (Wildman–Crippen LogP) is 2.70. The van der Waals surface area contributed by atoms with E-state index in [1.54, 1.807) is 30.7 Å². The Morgan fingerprint density at radius 2 is 2.00 bits per heavy atom. The minimum absolute atomic E-state index is 0.569. The number of carboxylic acids is 1. The highest BCUT2D eigenvalue weighted by molar-refractivity contribution is 8.00. The number of carbonyl (C=O) groups is 1. The normalized spacial score (nSPS) is 12.4. The summed E-state index contributed by atoms with van der Waals surface area (Å²) in [5.41, 5.74) is 0.884. The molecule has 0 spiro atoms. The van der Waals surface area contributed by atoms with Gasteiger partial charge < -0.3 is 9.67 Å². The van der Waals surface area contributed by atoms with Gasteiger partial charge in [0.25, 0.3) is 0 Å². The van der Waals surface area contributed by atoms with Gasteiger partial charge in [0.2, 0.25) is 0 Å². The van der Waals surface area contributed by atoms with Crippen LogP contribution in [0.15, 0.2) is 29.4 Å². The Balaban J connectivity index is 2.27. The van der Waals surface area contributed by atoms with E-state index in [0.29, 0.717) is 16.0 Å². The van der Waals surface area contributed by atoms with Crippen LogP contribution in [0.25, 0.3) is 11.4 Å². The first kappa shape index (κ1) is 13.9. The molecule has 0 bridgehead atoms. The first-order valence-electron chi connectivity index (χ1n) is 5.54. The largest absolute Gasteiger partial charge is 0.480 e. The van der Waals surface area contributed by atoms with E-state index in [2.05, 4.69) is 10.2 Å². The second-order valence-electron chi connectivity index (χ2n) is 3.97. The van der Waals surface area contributed by atoms with Crippen molar-refractivity contribution in [3.8, 4) is 11.4 Å². The Hall–Kier alpha value is -1.53. The van der Waals surface area contributed by atoms with Crippen LogP contribution in [-0.4, -0.2) is 31.1 Å². The van der Waals surface area contributed by atoms with E-state index in [1.165, 1.54) is 0 Å². The molecule has 0 aliphatic rings. The van der Waals surface area contributed by atoms with Crippen LogP contribution in [0.1, 0.15) is 6.92 Å². The second kappa shape index (κ2) is 5.63. The predicted molar refractivity (Wildman–Crippen MR) is 74.4 cm³/mol. The summed E-state index contributed by atoms with van der Waals surface area (Å²) in [5.74, 6) is -0.196. The van der Waals surface area contributed by atoms with Gasteiger partial charge in [0.1, 0.15) is 5.25 Å². The van der Waals surface area contributed by atoms with E-state index in [-0.39, 0.29) is 0 Å². The number of hydrogen-bond donors (Lipinski definition) is 1. The number of nitrogens with zero attached hydrogens (tertiary/aromatic N) is 3. The number of carboxylic acid groups (broad SMARTS) is 1. The molecule has 0 aliphatic heterocycles. The summed E-state index contributed by atoms with van der Waals surface area (Å²) in [5, 5.41) is 17.6. The van der Waals surface area contributed by atoms with Crippen LogP contribution in [0.2, 0.25) is 5.02 Å². The molecule has 2 rings (SSSR count). The summed E-state index contributed by atoms with van der Waals surface area (Å²) in [4.78, 5) is 10.8. The third-order valence-corrected chi connectivity index (χ3v) is 3.94. The molecule has 0 fully saturated rings. The summed E-state index contributed by atoms with van der Waals surface area (Å²) in [6.07, 6.45) is 0. The van der Waals surface area contributed by atoms with E-state index in [4.69, 9.17) is 16.7 Å². The molecule has 0 radical (unpaired) electrons. The number of hydrogen-bond acceptors (Lipinski definition) is 4. The van der Waals surface area contributed by atoms with Gasteiger partial charge in [-0.2, -0.15) is 0 Å². The summed E-state index contributed by atoms with van der Waals surface area (Å²) in [6, 6.07) is 7.25. The fourth-order valence-electron chi connectivity index (χ4n) is 1.48. The van der Waals surface area contributed by atoms with E-state index in [9.17, 15) is 4.79 Å². The molecule has 100 valence electrons. The molecule has 7 heteroatoms. The number of halogens is 1. The van der Waals surface area contributed by atoms with Gasteiger partial charge in [-0.3, -0.25) is 4.79 Å². The molecule has 1 aromatic carbocycles. The Kier molecular flexibility index (Phi) is 4.11. The van der Waals surface area contributed by atoms with Crippen molar-refractivity contribution >= 4 is 29.3 Å². The zero-order valence-electron chi connectivity index (χ0n) is 10.4. The Morgan fingerprint density at radius 3 is 2.58 bits per heavy atom.